The van der Waals surface area contributed by atoms with Crippen LogP contribution in [0.25, 0.3) is 0 Å². The van der Waals surface area contributed by atoms with Gasteiger partial charge in [-0.3, -0.25) is 0 Å². The topological polar surface area (TPSA) is 88.4 Å². The lowest BCUT2D eigenvalue weighted by molar-refractivity contribution is 0.226. The summed E-state index contributed by atoms with van der Waals surface area (Å²) >= 11 is 0. The molecule has 4 rings (SSSR count). The molecule has 0 aromatic heterocycles. The maximum atomic E-state index is 10.1. The highest BCUT2D eigenvalue weighted by Crippen LogP contribution is 2.39. The van der Waals surface area contributed by atoms with Gasteiger partial charge in [0.1, 0.15) is 37.1 Å². The summed E-state index contributed by atoms with van der Waals surface area (Å²) in [6.45, 7) is 0.349. The van der Waals surface area contributed by atoms with E-state index in [-0.39, 0.29) is 37.1 Å². The highest BCUT2D eigenvalue weighted by molar-refractivity contribution is 5.52. The Bertz CT molecular complexity index is 1150. The average molecular weight is 444 g/mol. The van der Waals surface area contributed by atoms with Gasteiger partial charge >= 0.3 is 0 Å². The molecule has 0 saturated heterocycles. The third-order valence-electron chi connectivity index (χ3n) is 5.06. The molecule has 0 bridgehead atoms. The molecule has 6 heteroatoms. The second-order valence-corrected chi connectivity index (χ2v) is 7.34. The minimum atomic E-state index is 0.0938. The lowest BCUT2D eigenvalue weighted by atomic mass is 10.2. The first kappa shape index (κ1) is 21.9. The fourth-order valence-corrected chi connectivity index (χ4v) is 3.22. The second-order valence-electron chi connectivity index (χ2n) is 7.34. The standard InChI is InChI=1S/C27H24O6/c28-22-11-4-1-8-19(22)16-31-25-14-7-15-26(32-17-20-9-2-5-12-23(20)29)27(25)33-18-21-10-3-6-13-24(21)30/h1-15,28-30H,16-18H2. The van der Waals surface area contributed by atoms with Crippen LogP contribution in [0, 0.1) is 0 Å². The molecular formula is C27H24O6. The van der Waals surface area contributed by atoms with Gasteiger partial charge in [0.05, 0.1) is 0 Å². The molecule has 0 aliphatic heterocycles. The number of ether oxygens (including phenoxy) is 3. The molecule has 0 atom stereocenters. The van der Waals surface area contributed by atoms with E-state index in [0.717, 1.165) is 0 Å². The van der Waals surface area contributed by atoms with Crippen LogP contribution in [0.4, 0.5) is 0 Å². The predicted molar refractivity (Wildman–Crippen MR) is 124 cm³/mol. The SMILES string of the molecule is Oc1ccccc1COc1cccc(OCc2ccccc2O)c1OCc1ccccc1O. The molecule has 0 unspecified atom stereocenters. The lowest BCUT2D eigenvalue weighted by Gasteiger charge is -2.18. The van der Waals surface area contributed by atoms with Crippen LogP contribution in [0.2, 0.25) is 0 Å². The van der Waals surface area contributed by atoms with Crippen molar-refractivity contribution in [2.75, 3.05) is 0 Å². The Morgan fingerprint density at radius 1 is 0.424 bits per heavy atom. The number of hydrogen-bond acceptors (Lipinski definition) is 6. The van der Waals surface area contributed by atoms with Crippen LogP contribution in [0.1, 0.15) is 16.7 Å². The number of para-hydroxylation sites is 4. The van der Waals surface area contributed by atoms with Crippen molar-refractivity contribution in [3.63, 3.8) is 0 Å². The van der Waals surface area contributed by atoms with Gasteiger partial charge in [-0.15, -0.1) is 0 Å². The maximum Gasteiger partial charge on any atom is 0.203 e. The highest BCUT2D eigenvalue weighted by Gasteiger charge is 2.16. The Balaban J connectivity index is 1.58. The van der Waals surface area contributed by atoms with Crippen LogP contribution >= 0.6 is 0 Å². The Kier molecular flexibility index (Phi) is 6.85. The summed E-state index contributed by atoms with van der Waals surface area (Å²) in [4.78, 5) is 0. The van der Waals surface area contributed by atoms with Crippen molar-refractivity contribution in [3.8, 4) is 34.5 Å². The smallest absolute Gasteiger partial charge is 0.203 e. The van der Waals surface area contributed by atoms with E-state index >= 15 is 0 Å². The van der Waals surface area contributed by atoms with Crippen LogP contribution in [0.3, 0.4) is 0 Å². The zero-order valence-corrected chi connectivity index (χ0v) is 17.8. The first-order valence-corrected chi connectivity index (χ1v) is 10.4. The zero-order valence-electron chi connectivity index (χ0n) is 17.8. The molecule has 0 spiro atoms. The van der Waals surface area contributed by atoms with Crippen molar-refractivity contribution in [2.45, 2.75) is 19.8 Å². The van der Waals surface area contributed by atoms with Gasteiger partial charge in [-0.05, 0) is 30.3 Å². The van der Waals surface area contributed by atoms with Crippen molar-refractivity contribution >= 4 is 0 Å². The normalized spacial score (nSPS) is 10.5. The van der Waals surface area contributed by atoms with Crippen molar-refractivity contribution in [3.05, 3.63) is 108 Å². The molecule has 0 aliphatic carbocycles. The number of aromatic hydroxyl groups is 3. The van der Waals surface area contributed by atoms with Gasteiger partial charge in [-0.2, -0.15) is 0 Å². The van der Waals surface area contributed by atoms with E-state index < -0.39 is 0 Å². The Morgan fingerprint density at radius 2 is 0.788 bits per heavy atom. The average Bonchev–Trinajstić information content (AvgIpc) is 2.83. The zero-order chi connectivity index (χ0) is 23.0. The molecule has 0 saturated carbocycles. The van der Waals surface area contributed by atoms with E-state index in [9.17, 15) is 15.3 Å². The summed E-state index contributed by atoms with van der Waals surface area (Å²) in [5.41, 5.74) is 1.87. The summed E-state index contributed by atoms with van der Waals surface area (Å²) in [7, 11) is 0. The highest BCUT2D eigenvalue weighted by atomic mass is 16.5. The third-order valence-corrected chi connectivity index (χ3v) is 5.06. The Morgan fingerprint density at radius 3 is 1.18 bits per heavy atom. The number of rotatable bonds is 9. The van der Waals surface area contributed by atoms with E-state index in [1.165, 1.54) is 0 Å². The van der Waals surface area contributed by atoms with E-state index in [4.69, 9.17) is 14.2 Å². The van der Waals surface area contributed by atoms with Gasteiger partial charge in [-0.25, -0.2) is 0 Å². The molecule has 0 heterocycles. The number of phenolic OH excluding ortho intramolecular Hbond substituents is 3. The Labute approximate surface area is 191 Å². The van der Waals surface area contributed by atoms with Gasteiger partial charge in [0.25, 0.3) is 0 Å². The molecule has 0 radical (unpaired) electrons. The molecular weight excluding hydrogens is 420 g/mol. The van der Waals surface area contributed by atoms with Crippen LogP contribution in [-0.4, -0.2) is 15.3 Å². The van der Waals surface area contributed by atoms with Crippen LogP contribution in [0.5, 0.6) is 34.5 Å². The molecule has 168 valence electrons. The monoisotopic (exact) mass is 444 g/mol. The lowest BCUT2D eigenvalue weighted by Crippen LogP contribution is -2.04. The van der Waals surface area contributed by atoms with Crippen molar-refractivity contribution in [1.29, 1.82) is 0 Å². The molecule has 4 aromatic rings. The quantitative estimate of drug-likeness (QED) is 0.314. The Hall–Kier alpha value is -4.32. The molecule has 6 nitrogen and oxygen atoms in total. The predicted octanol–water partition coefficient (Wildman–Crippen LogP) is 5.54. The number of hydrogen-bond donors (Lipinski definition) is 3. The molecule has 0 amide bonds. The molecule has 4 aromatic carbocycles. The third kappa shape index (κ3) is 5.49. The first-order valence-electron chi connectivity index (χ1n) is 10.4. The largest absolute Gasteiger partial charge is 0.508 e. The number of phenols is 3. The maximum absolute atomic E-state index is 10.1. The first-order chi connectivity index (χ1) is 16.1. The summed E-state index contributed by atoms with van der Waals surface area (Å²) in [5.74, 6) is 1.60. The van der Waals surface area contributed by atoms with Gasteiger partial charge < -0.3 is 29.5 Å². The summed E-state index contributed by atoms with van der Waals surface area (Å²) < 4.78 is 18.0. The second kappa shape index (κ2) is 10.3. The van der Waals surface area contributed by atoms with Gasteiger partial charge in [0.2, 0.25) is 5.75 Å². The fraction of sp³-hybridized carbons (Fsp3) is 0.111. The van der Waals surface area contributed by atoms with E-state index in [0.29, 0.717) is 33.9 Å². The minimum Gasteiger partial charge on any atom is -0.508 e. The van der Waals surface area contributed by atoms with Crippen molar-refractivity contribution < 1.29 is 29.5 Å². The van der Waals surface area contributed by atoms with Gasteiger partial charge in [0.15, 0.2) is 11.5 Å². The molecule has 0 aliphatic rings. The van der Waals surface area contributed by atoms with Crippen molar-refractivity contribution in [1.82, 2.24) is 0 Å². The van der Waals surface area contributed by atoms with Crippen LogP contribution in [0.15, 0.2) is 91.0 Å². The molecule has 3 N–H and O–H groups in total. The van der Waals surface area contributed by atoms with Crippen LogP contribution < -0.4 is 14.2 Å². The van der Waals surface area contributed by atoms with Crippen molar-refractivity contribution in [2.24, 2.45) is 0 Å². The van der Waals surface area contributed by atoms with Gasteiger partial charge in [0, 0.05) is 16.7 Å². The number of benzene rings is 4. The van der Waals surface area contributed by atoms with Gasteiger partial charge in [-0.1, -0.05) is 60.7 Å². The van der Waals surface area contributed by atoms with Crippen LogP contribution in [-0.2, 0) is 19.8 Å². The molecule has 0 fully saturated rings. The van der Waals surface area contributed by atoms with E-state index in [1.54, 1.807) is 72.8 Å². The van der Waals surface area contributed by atoms with E-state index in [1.807, 2.05) is 18.2 Å². The molecule has 33 heavy (non-hydrogen) atoms. The summed E-state index contributed by atoms with van der Waals surface area (Å²) in [6.07, 6.45) is 0. The minimum absolute atomic E-state index is 0.0938. The summed E-state index contributed by atoms with van der Waals surface area (Å²) in [5, 5.41) is 30.2. The summed E-state index contributed by atoms with van der Waals surface area (Å²) in [6, 6.07) is 26.0. The van der Waals surface area contributed by atoms with E-state index in [2.05, 4.69) is 0 Å². The fourth-order valence-electron chi connectivity index (χ4n) is 3.22.